The van der Waals surface area contributed by atoms with Gasteiger partial charge in [0.25, 0.3) is 0 Å². The predicted octanol–water partition coefficient (Wildman–Crippen LogP) is 7.29. The van der Waals surface area contributed by atoms with E-state index in [0.29, 0.717) is 0 Å². The molecule has 118 valence electrons. The number of hydrogen-bond acceptors (Lipinski definition) is 0. The molecule has 0 aromatic rings. The Kier molecular flexibility index (Phi) is 11.1. The standard InChI is InChI=1S/C20H38/c1-3-5-7-8-9-10-11-12-13-15-17-20-18-19(20)16-14-6-4-2/h13,15,19-20H,3-12,14,16-18H2,1-2H3. The van der Waals surface area contributed by atoms with Crippen molar-refractivity contribution in [3.8, 4) is 0 Å². The zero-order chi connectivity index (χ0) is 14.5. The molecule has 2 unspecified atom stereocenters. The highest BCUT2D eigenvalue weighted by Gasteiger charge is 2.34. The quantitative estimate of drug-likeness (QED) is 0.231. The predicted molar refractivity (Wildman–Crippen MR) is 92.1 cm³/mol. The first-order valence-corrected chi connectivity index (χ1v) is 9.53. The van der Waals surface area contributed by atoms with E-state index in [0.717, 1.165) is 11.8 Å². The van der Waals surface area contributed by atoms with E-state index in [-0.39, 0.29) is 0 Å². The Bertz CT molecular complexity index is 228. The topological polar surface area (TPSA) is 0 Å². The van der Waals surface area contributed by atoms with Crippen LogP contribution in [0.25, 0.3) is 0 Å². The van der Waals surface area contributed by atoms with Gasteiger partial charge in [0, 0.05) is 0 Å². The fourth-order valence-corrected chi connectivity index (χ4v) is 3.22. The van der Waals surface area contributed by atoms with Crippen molar-refractivity contribution in [1.82, 2.24) is 0 Å². The van der Waals surface area contributed by atoms with Gasteiger partial charge < -0.3 is 0 Å². The SMILES string of the molecule is CCCCCCCCCC=CCC1CC1CCCCC. The lowest BCUT2D eigenvalue weighted by Gasteiger charge is -1.99. The van der Waals surface area contributed by atoms with Gasteiger partial charge in [-0.3, -0.25) is 0 Å². The molecular weight excluding hydrogens is 240 g/mol. The van der Waals surface area contributed by atoms with Gasteiger partial charge in [0.2, 0.25) is 0 Å². The molecule has 0 radical (unpaired) electrons. The third kappa shape index (κ3) is 9.61. The third-order valence-corrected chi connectivity index (χ3v) is 4.83. The largest absolute Gasteiger partial charge is 0.0885 e. The Balaban J connectivity index is 1.79. The number of unbranched alkanes of at least 4 members (excludes halogenated alkanes) is 9. The van der Waals surface area contributed by atoms with Crippen molar-refractivity contribution in [2.24, 2.45) is 11.8 Å². The van der Waals surface area contributed by atoms with Gasteiger partial charge >= 0.3 is 0 Å². The average molecular weight is 279 g/mol. The fraction of sp³-hybridized carbons (Fsp3) is 0.900. The van der Waals surface area contributed by atoms with Gasteiger partial charge in [-0.1, -0.05) is 90.2 Å². The maximum atomic E-state index is 2.47. The van der Waals surface area contributed by atoms with Crippen LogP contribution in [-0.2, 0) is 0 Å². The Labute approximate surface area is 128 Å². The van der Waals surface area contributed by atoms with Gasteiger partial charge in [0.05, 0.1) is 0 Å². The molecule has 0 aromatic heterocycles. The van der Waals surface area contributed by atoms with E-state index in [1.54, 1.807) is 0 Å². The highest BCUT2D eigenvalue weighted by molar-refractivity contribution is 4.93. The summed E-state index contributed by atoms with van der Waals surface area (Å²) in [5.41, 5.74) is 0. The Morgan fingerprint density at radius 3 is 2.10 bits per heavy atom. The summed E-state index contributed by atoms with van der Waals surface area (Å²) in [6, 6.07) is 0. The van der Waals surface area contributed by atoms with Crippen LogP contribution in [0.4, 0.5) is 0 Å². The van der Waals surface area contributed by atoms with E-state index < -0.39 is 0 Å². The Morgan fingerprint density at radius 2 is 1.35 bits per heavy atom. The monoisotopic (exact) mass is 278 g/mol. The summed E-state index contributed by atoms with van der Waals surface area (Å²) < 4.78 is 0. The molecule has 0 aromatic carbocycles. The molecule has 1 aliphatic rings. The molecule has 1 aliphatic carbocycles. The van der Waals surface area contributed by atoms with Crippen LogP contribution in [0.5, 0.6) is 0 Å². The third-order valence-electron chi connectivity index (χ3n) is 4.83. The van der Waals surface area contributed by atoms with E-state index >= 15 is 0 Å². The first-order valence-electron chi connectivity index (χ1n) is 9.53. The van der Waals surface area contributed by atoms with Crippen LogP contribution >= 0.6 is 0 Å². The maximum Gasteiger partial charge on any atom is -0.0319 e. The zero-order valence-corrected chi connectivity index (χ0v) is 14.2. The van der Waals surface area contributed by atoms with Crippen molar-refractivity contribution in [3.63, 3.8) is 0 Å². The lowest BCUT2D eigenvalue weighted by Crippen LogP contribution is -1.83. The molecule has 20 heavy (non-hydrogen) atoms. The van der Waals surface area contributed by atoms with E-state index in [1.165, 1.54) is 89.9 Å². The second kappa shape index (κ2) is 12.5. The van der Waals surface area contributed by atoms with Crippen molar-refractivity contribution in [2.75, 3.05) is 0 Å². The number of allylic oxidation sites excluding steroid dienone is 2. The summed E-state index contributed by atoms with van der Waals surface area (Å²) in [4.78, 5) is 0. The van der Waals surface area contributed by atoms with Gasteiger partial charge in [-0.25, -0.2) is 0 Å². The molecular formula is C20H38. The molecule has 1 rings (SSSR count). The van der Waals surface area contributed by atoms with Crippen LogP contribution in [0.15, 0.2) is 12.2 Å². The highest BCUT2D eigenvalue weighted by atomic mass is 14.4. The highest BCUT2D eigenvalue weighted by Crippen LogP contribution is 2.44. The second-order valence-corrected chi connectivity index (χ2v) is 6.87. The molecule has 2 atom stereocenters. The Hall–Kier alpha value is -0.260. The molecule has 1 fully saturated rings. The number of rotatable bonds is 14. The Morgan fingerprint density at radius 1 is 0.700 bits per heavy atom. The maximum absolute atomic E-state index is 2.47. The van der Waals surface area contributed by atoms with Gasteiger partial charge in [-0.05, 0) is 37.5 Å². The molecule has 0 heteroatoms. The molecule has 0 bridgehead atoms. The van der Waals surface area contributed by atoms with Crippen molar-refractivity contribution < 1.29 is 0 Å². The van der Waals surface area contributed by atoms with Gasteiger partial charge in [-0.15, -0.1) is 0 Å². The smallest absolute Gasteiger partial charge is 0.0319 e. The zero-order valence-electron chi connectivity index (χ0n) is 14.2. The van der Waals surface area contributed by atoms with Crippen LogP contribution in [0.2, 0.25) is 0 Å². The lowest BCUT2D eigenvalue weighted by molar-refractivity contribution is 0.582. The van der Waals surface area contributed by atoms with Crippen molar-refractivity contribution in [2.45, 2.75) is 104 Å². The van der Waals surface area contributed by atoms with Crippen molar-refractivity contribution in [1.29, 1.82) is 0 Å². The molecule has 0 spiro atoms. The van der Waals surface area contributed by atoms with E-state index in [1.807, 2.05) is 0 Å². The second-order valence-electron chi connectivity index (χ2n) is 6.87. The molecule has 1 saturated carbocycles. The van der Waals surface area contributed by atoms with Crippen LogP contribution in [0.1, 0.15) is 104 Å². The lowest BCUT2D eigenvalue weighted by atomic mass is 10.1. The summed E-state index contributed by atoms with van der Waals surface area (Å²) in [5, 5.41) is 0. The first kappa shape index (κ1) is 17.8. The fourth-order valence-electron chi connectivity index (χ4n) is 3.22. The molecule has 0 aliphatic heterocycles. The van der Waals surface area contributed by atoms with E-state index in [9.17, 15) is 0 Å². The van der Waals surface area contributed by atoms with Gasteiger partial charge in [0.1, 0.15) is 0 Å². The van der Waals surface area contributed by atoms with E-state index in [2.05, 4.69) is 26.0 Å². The summed E-state index contributed by atoms with van der Waals surface area (Å²) in [7, 11) is 0. The summed E-state index contributed by atoms with van der Waals surface area (Å²) in [5.74, 6) is 2.14. The van der Waals surface area contributed by atoms with Crippen molar-refractivity contribution >= 4 is 0 Å². The van der Waals surface area contributed by atoms with Gasteiger partial charge in [0.15, 0.2) is 0 Å². The summed E-state index contributed by atoms with van der Waals surface area (Å²) in [6.07, 6.45) is 24.9. The summed E-state index contributed by atoms with van der Waals surface area (Å²) in [6.45, 7) is 4.59. The van der Waals surface area contributed by atoms with Crippen LogP contribution in [-0.4, -0.2) is 0 Å². The van der Waals surface area contributed by atoms with Crippen LogP contribution in [0.3, 0.4) is 0 Å². The molecule has 0 amide bonds. The van der Waals surface area contributed by atoms with Crippen molar-refractivity contribution in [3.05, 3.63) is 12.2 Å². The molecule has 0 nitrogen and oxygen atoms in total. The normalized spacial score (nSPS) is 21.7. The van der Waals surface area contributed by atoms with Crippen LogP contribution < -0.4 is 0 Å². The molecule has 0 heterocycles. The van der Waals surface area contributed by atoms with Gasteiger partial charge in [-0.2, -0.15) is 0 Å². The van der Waals surface area contributed by atoms with E-state index in [4.69, 9.17) is 0 Å². The average Bonchev–Trinajstić information content (AvgIpc) is 3.20. The summed E-state index contributed by atoms with van der Waals surface area (Å²) >= 11 is 0. The molecule has 0 saturated heterocycles. The minimum atomic E-state index is 1.05. The number of hydrogen-bond donors (Lipinski definition) is 0. The minimum Gasteiger partial charge on any atom is -0.0885 e. The minimum absolute atomic E-state index is 1.05. The first-order chi connectivity index (χ1) is 9.88. The van der Waals surface area contributed by atoms with Crippen LogP contribution in [0, 0.1) is 11.8 Å². The molecule has 0 N–H and O–H groups in total.